The third-order valence-electron chi connectivity index (χ3n) is 3.59. The van der Waals surface area contributed by atoms with Crippen molar-refractivity contribution in [2.24, 2.45) is 0 Å². The second-order valence-electron chi connectivity index (χ2n) is 5.36. The van der Waals surface area contributed by atoms with Crippen LogP contribution >= 0.6 is 11.3 Å². The molecule has 0 unspecified atom stereocenters. The topological polar surface area (TPSA) is 61.4 Å². The molecule has 0 aromatic carbocycles. The third-order valence-corrected chi connectivity index (χ3v) is 4.51. The average molecular weight is 282 g/mol. The number of thiophene rings is 1. The van der Waals surface area contributed by atoms with Gasteiger partial charge in [0.25, 0.3) is 0 Å². The van der Waals surface area contributed by atoms with Crippen LogP contribution in [0.3, 0.4) is 0 Å². The third kappa shape index (κ3) is 4.51. The molecule has 0 saturated heterocycles. The maximum atomic E-state index is 11.8. The van der Waals surface area contributed by atoms with Crippen LogP contribution in [0.1, 0.15) is 43.4 Å². The lowest BCUT2D eigenvalue weighted by atomic mass is 9.95. The van der Waals surface area contributed by atoms with Crippen LogP contribution in [0.5, 0.6) is 0 Å². The fourth-order valence-corrected chi connectivity index (χ4v) is 3.23. The quantitative estimate of drug-likeness (QED) is 0.745. The van der Waals surface area contributed by atoms with Gasteiger partial charge in [0.1, 0.15) is 0 Å². The molecule has 1 aromatic heterocycles. The van der Waals surface area contributed by atoms with Gasteiger partial charge in [-0.2, -0.15) is 0 Å². The van der Waals surface area contributed by atoms with E-state index in [9.17, 15) is 9.90 Å². The predicted molar refractivity (Wildman–Crippen MR) is 78.7 cm³/mol. The van der Waals surface area contributed by atoms with Crippen LogP contribution in [0.2, 0.25) is 0 Å². The summed E-state index contributed by atoms with van der Waals surface area (Å²) in [6.07, 6.45) is 6.02. The summed E-state index contributed by atoms with van der Waals surface area (Å²) in [5.41, 5.74) is -0.723. The summed E-state index contributed by atoms with van der Waals surface area (Å²) in [6.45, 7) is 2.34. The van der Waals surface area contributed by atoms with Crippen LogP contribution in [-0.4, -0.2) is 23.3 Å². The fourth-order valence-electron chi connectivity index (χ4n) is 2.47. The van der Waals surface area contributed by atoms with E-state index in [-0.39, 0.29) is 6.03 Å². The molecule has 1 saturated carbocycles. The summed E-state index contributed by atoms with van der Waals surface area (Å²) in [5, 5.41) is 16.8. The van der Waals surface area contributed by atoms with E-state index in [1.165, 1.54) is 12.8 Å². The maximum Gasteiger partial charge on any atom is 0.319 e. The van der Waals surface area contributed by atoms with Crippen molar-refractivity contribution in [3.63, 3.8) is 0 Å². The van der Waals surface area contributed by atoms with E-state index >= 15 is 0 Å². The van der Waals surface area contributed by atoms with Gasteiger partial charge in [-0.05, 0) is 31.9 Å². The molecule has 106 valence electrons. The Morgan fingerprint density at radius 1 is 1.32 bits per heavy atom. The Balaban J connectivity index is 1.79. The highest BCUT2D eigenvalue weighted by Gasteiger charge is 2.28. The zero-order chi connectivity index (χ0) is 13.7. The van der Waals surface area contributed by atoms with Crippen LogP contribution in [-0.2, 0) is 0 Å². The maximum absolute atomic E-state index is 11.8. The van der Waals surface area contributed by atoms with E-state index in [4.69, 9.17) is 0 Å². The van der Waals surface area contributed by atoms with Crippen molar-refractivity contribution in [1.29, 1.82) is 0 Å². The number of carbonyl (C=O) groups is 1. The molecule has 4 nitrogen and oxygen atoms in total. The first-order valence-corrected chi connectivity index (χ1v) is 7.73. The van der Waals surface area contributed by atoms with Gasteiger partial charge >= 0.3 is 6.03 Å². The molecule has 0 bridgehead atoms. The van der Waals surface area contributed by atoms with Crippen molar-refractivity contribution in [2.45, 2.75) is 51.0 Å². The molecule has 1 fully saturated rings. The van der Waals surface area contributed by atoms with Crippen molar-refractivity contribution in [2.75, 3.05) is 11.9 Å². The number of carbonyl (C=O) groups excluding carboxylic acids is 1. The summed E-state index contributed by atoms with van der Waals surface area (Å²) >= 11 is 1.55. The molecule has 0 atom stereocenters. The Labute approximate surface area is 118 Å². The summed E-state index contributed by atoms with van der Waals surface area (Å²) in [5.74, 6) is 0. The fraction of sp³-hybridized carbons (Fsp3) is 0.643. The van der Waals surface area contributed by atoms with Gasteiger partial charge in [-0.1, -0.05) is 25.7 Å². The largest absolute Gasteiger partial charge is 0.388 e. The molecule has 0 spiro atoms. The molecule has 1 heterocycles. The highest BCUT2D eigenvalue weighted by Crippen LogP contribution is 2.26. The first-order chi connectivity index (χ1) is 9.07. The number of hydrogen-bond donors (Lipinski definition) is 3. The molecule has 2 amide bonds. The summed E-state index contributed by atoms with van der Waals surface area (Å²) < 4.78 is 0. The van der Waals surface area contributed by atoms with Gasteiger partial charge in [0, 0.05) is 11.4 Å². The van der Waals surface area contributed by atoms with Crippen molar-refractivity contribution in [1.82, 2.24) is 5.32 Å². The first-order valence-electron chi connectivity index (χ1n) is 6.91. The molecule has 5 heteroatoms. The van der Waals surface area contributed by atoms with Crippen LogP contribution in [0, 0.1) is 6.92 Å². The van der Waals surface area contributed by atoms with Crippen molar-refractivity contribution >= 4 is 22.4 Å². The number of rotatable bonds is 3. The standard InChI is InChI=1S/C14H22N2O2S/c1-11-6-7-12(19-11)16-13(17)15-10-14(18)8-4-2-3-5-9-14/h6-7,18H,2-5,8-10H2,1H3,(H2,15,16,17). The monoisotopic (exact) mass is 282 g/mol. The molecule has 1 aliphatic carbocycles. The molecule has 0 aliphatic heterocycles. The normalized spacial score (nSPS) is 18.6. The van der Waals surface area contributed by atoms with Gasteiger partial charge < -0.3 is 10.4 Å². The van der Waals surface area contributed by atoms with Crippen molar-refractivity contribution in [3.05, 3.63) is 17.0 Å². The number of hydrogen-bond acceptors (Lipinski definition) is 3. The van der Waals surface area contributed by atoms with E-state index in [1.807, 2.05) is 19.1 Å². The number of amides is 2. The second-order valence-corrected chi connectivity index (χ2v) is 6.64. The molecule has 19 heavy (non-hydrogen) atoms. The SMILES string of the molecule is Cc1ccc(NC(=O)NCC2(O)CCCCCC2)s1. The van der Waals surface area contributed by atoms with Crippen LogP contribution < -0.4 is 10.6 Å². The molecule has 3 N–H and O–H groups in total. The summed E-state index contributed by atoms with van der Waals surface area (Å²) in [6, 6.07) is 3.62. The number of nitrogens with one attached hydrogen (secondary N) is 2. The predicted octanol–water partition coefficient (Wildman–Crippen LogP) is 3.26. The number of aliphatic hydroxyl groups is 1. The van der Waals surface area contributed by atoms with Gasteiger partial charge in [-0.15, -0.1) is 11.3 Å². The Bertz CT molecular complexity index is 423. The van der Waals surface area contributed by atoms with Gasteiger partial charge in [0.2, 0.25) is 0 Å². The van der Waals surface area contributed by atoms with Crippen LogP contribution in [0.15, 0.2) is 12.1 Å². The second kappa shape index (κ2) is 6.39. The van der Waals surface area contributed by atoms with Gasteiger partial charge in [0.05, 0.1) is 10.6 Å². The minimum absolute atomic E-state index is 0.237. The lowest BCUT2D eigenvalue weighted by Gasteiger charge is -2.26. The molecule has 2 rings (SSSR count). The smallest absolute Gasteiger partial charge is 0.319 e. The van der Waals surface area contributed by atoms with Gasteiger partial charge in [-0.3, -0.25) is 5.32 Å². The minimum atomic E-state index is -0.723. The lowest BCUT2D eigenvalue weighted by Crippen LogP contribution is -2.43. The molecule has 1 aliphatic rings. The zero-order valence-corrected chi connectivity index (χ0v) is 12.2. The number of urea groups is 1. The molecule has 1 aromatic rings. The Morgan fingerprint density at radius 2 is 2.00 bits per heavy atom. The van der Waals surface area contributed by atoms with Gasteiger partial charge in [-0.25, -0.2) is 4.79 Å². The molecular weight excluding hydrogens is 260 g/mol. The van der Waals surface area contributed by atoms with E-state index in [2.05, 4.69) is 10.6 Å². The summed E-state index contributed by atoms with van der Waals surface area (Å²) in [7, 11) is 0. The van der Waals surface area contributed by atoms with Crippen molar-refractivity contribution < 1.29 is 9.90 Å². The Morgan fingerprint density at radius 3 is 2.58 bits per heavy atom. The molecular formula is C14H22N2O2S. The average Bonchev–Trinajstić information content (AvgIpc) is 2.64. The van der Waals surface area contributed by atoms with E-state index in [1.54, 1.807) is 11.3 Å². The first kappa shape index (κ1) is 14.3. The number of aryl methyl sites for hydroxylation is 1. The Kier molecular flexibility index (Phi) is 4.82. The Hall–Kier alpha value is -1.07. The highest BCUT2D eigenvalue weighted by molar-refractivity contribution is 7.16. The molecule has 0 radical (unpaired) electrons. The van der Waals surface area contributed by atoms with Crippen LogP contribution in [0.4, 0.5) is 9.80 Å². The lowest BCUT2D eigenvalue weighted by molar-refractivity contribution is 0.0281. The zero-order valence-electron chi connectivity index (χ0n) is 11.4. The van der Waals surface area contributed by atoms with E-state index in [0.717, 1.165) is 35.6 Å². The van der Waals surface area contributed by atoms with Crippen LogP contribution in [0.25, 0.3) is 0 Å². The van der Waals surface area contributed by atoms with Gasteiger partial charge in [0.15, 0.2) is 0 Å². The van der Waals surface area contributed by atoms with E-state index in [0.29, 0.717) is 6.54 Å². The number of anilines is 1. The van der Waals surface area contributed by atoms with E-state index < -0.39 is 5.60 Å². The summed E-state index contributed by atoms with van der Waals surface area (Å²) in [4.78, 5) is 12.9. The van der Waals surface area contributed by atoms with Crippen molar-refractivity contribution in [3.8, 4) is 0 Å². The minimum Gasteiger partial charge on any atom is -0.388 e. The highest BCUT2D eigenvalue weighted by atomic mass is 32.1.